The lowest BCUT2D eigenvalue weighted by Crippen LogP contribution is -2.25. The average molecular weight is 355 g/mol. The first-order valence-corrected chi connectivity index (χ1v) is 7.24. The number of carbonyl (C=O) groups excluding carboxylic acids is 2. The molecular formula is C10H6Cl3N3O3S. The van der Waals surface area contributed by atoms with Gasteiger partial charge < -0.3 is 4.84 Å². The van der Waals surface area contributed by atoms with Crippen molar-refractivity contribution in [3.63, 3.8) is 0 Å². The highest BCUT2D eigenvalue weighted by atomic mass is 35.5. The number of oxime groups is 1. The predicted octanol–water partition coefficient (Wildman–Crippen LogP) is 2.02. The van der Waals surface area contributed by atoms with Crippen molar-refractivity contribution >= 4 is 69.2 Å². The van der Waals surface area contributed by atoms with E-state index in [2.05, 4.69) is 15.0 Å². The number of fused-ring (bicyclic) bond motifs is 1. The maximum atomic E-state index is 12.3. The Morgan fingerprint density at radius 3 is 2.75 bits per heavy atom. The number of aromatic nitrogens is 1. The Bertz CT molecular complexity index is 713. The maximum absolute atomic E-state index is 12.3. The topological polar surface area (TPSA) is 73.0 Å². The van der Waals surface area contributed by atoms with E-state index in [9.17, 15) is 9.59 Å². The molecular weight excluding hydrogens is 349 g/mol. The summed E-state index contributed by atoms with van der Waals surface area (Å²) in [6.45, 7) is 0. The van der Waals surface area contributed by atoms with Crippen LogP contribution < -0.4 is 4.80 Å². The summed E-state index contributed by atoms with van der Waals surface area (Å²) in [5, 5.41) is 5.20. The molecule has 0 bridgehead atoms. The summed E-state index contributed by atoms with van der Waals surface area (Å²) < 4.78 is 1.06. The van der Waals surface area contributed by atoms with Crippen LogP contribution in [-0.4, -0.2) is 35.1 Å². The highest BCUT2D eigenvalue weighted by molar-refractivity contribution is 7.07. The summed E-state index contributed by atoms with van der Waals surface area (Å²) >= 11 is 18.0. The molecule has 0 fully saturated rings. The molecule has 0 radical (unpaired) electrons. The van der Waals surface area contributed by atoms with Gasteiger partial charge in [0, 0.05) is 5.38 Å². The molecule has 0 aromatic carbocycles. The Balaban J connectivity index is 2.71. The molecule has 0 saturated heterocycles. The average Bonchev–Trinajstić information content (AvgIpc) is 2.91. The van der Waals surface area contributed by atoms with Crippen LogP contribution in [0.15, 0.2) is 20.0 Å². The van der Waals surface area contributed by atoms with E-state index in [-0.39, 0.29) is 26.5 Å². The molecule has 106 valence electrons. The normalized spacial score (nSPS) is 16.8. The van der Waals surface area contributed by atoms with Gasteiger partial charge in [0.15, 0.2) is 10.5 Å². The molecule has 0 aliphatic carbocycles. The molecule has 0 spiro atoms. The summed E-state index contributed by atoms with van der Waals surface area (Å²) in [5.41, 5.74) is 0.582. The minimum Gasteiger partial charge on any atom is -0.398 e. The number of allylic oxidation sites excluding steroid dienone is 1. The van der Waals surface area contributed by atoms with Crippen LogP contribution in [0.2, 0.25) is 0 Å². The third-order valence-corrected chi connectivity index (χ3v) is 3.75. The Kier molecular flexibility index (Phi) is 4.64. The second kappa shape index (κ2) is 6.09. The van der Waals surface area contributed by atoms with Gasteiger partial charge in [-0.1, -0.05) is 28.4 Å². The van der Waals surface area contributed by atoms with E-state index >= 15 is 0 Å². The first-order valence-electron chi connectivity index (χ1n) is 5.07. The standard InChI is InChI=1S/C10H6Cl3N3O3S/c1-19-15-7-6(8(12)13)4-3-20-10(14-5(17)2-11)16(4)9(7)18/h3H,2H2,1H3/b14-10?,15-7-. The third kappa shape index (κ3) is 2.54. The number of halogens is 3. The smallest absolute Gasteiger partial charge is 0.287 e. The number of nitrogens with zero attached hydrogens (tertiary/aromatic N) is 3. The Hall–Kier alpha value is -1.15. The minimum absolute atomic E-state index is 0.0509. The summed E-state index contributed by atoms with van der Waals surface area (Å²) in [4.78, 5) is 32.0. The third-order valence-electron chi connectivity index (χ3n) is 2.31. The number of carbonyl (C=O) groups is 2. The Morgan fingerprint density at radius 2 is 2.20 bits per heavy atom. The minimum atomic E-state index is -0.559. The second-order valence-electron chi connectivity index (χ2n) is 3.44. The van der Waals surface area contributed by atoms with Gasteiger partial charge in [0.1, 0.15) is 17.5 Å². The van der Waals surface area contributed by atoms with Crippen LogP contribution in [0, 0.1) is 0 Å². The lowest BCUT2D eigenvalue weighted by molar-refractivity contribution is -0.115. The molecule has 0 N–H and O–H groups in total. The molecule has 0 saturated carbocycles. The van der Waals surface area contributed by atoms with E-state index in [1.54, 1.807) is 5.38 Å². The molecule has 10 heteroatoms. The number of alkyl halides is 1. The van der Waals surface area contributed by atoms with E-state index < -0.39 is 11.8 Å². The zero-order valence-corrected chi connectivity index (χ0v) is 13.0. The van der Waals surface area contributed by atoms with Crippen molar-refractivity contribution in [2.45, 2.75) is 0 Å². The molecule has 2 heterocycles. The van der Waals surface area contributed by atoms with Gasteiger partial charge in [0.05, 0.1) is 11.3 Å². The van der Waals surface area contributed by atoms with E-state index in [1.165, 1.54) is 11.7 Å². The highest BCUT2D eigenvalue weighted by Gasteiger charge is 2.35. The fourth-order valence-corrected chi connectivity index (χ4v) is 2.91. The molecule has 20 heavy (non-hydrogen) atoms. The van der Waals surface area contributed by atoms with Gasteiger partial charge in [-0.05, 0) is 0 Å². The van der Waals surface area contributed by atoms with Crippen molar-refractivity contribution in [2.24, 2.45) is 10.1 Å². The zero-order valence-electron chi connectivity index (χ0n) is 9.89. The molecule has 1 aromatic heterocycles. The fraction of sp³-hybridized carbons (Fsp3) is 0.200. The van der Waals surface area contributed by atoms with Crippen molar-refractivity contribution < 1.29 is 14.4 Å². The van der Waals surface area contributed by atoms with Crippen LogP contribution in [-0.2, 0) is 9.63 Å². The lowest BCUT2D eigenvalue weighted by atomic mass is 10.2. The monoisotopic (exact) mass is 353 g/mol. The summed E-state index contributed by atoms with van der Waals surface area (Å²) in [7, 11) is 1.29. The van der Waals surface area contributed by atoms with Gasteiger partial charge in [-0.15, -0.1) is 22.9 Å². The molecule has 6 nitrogen and oxygen atoms in total. The Labute approximate surface area is 131 Å². The van der Waals surface area contributed by atoms with Crippen molar-refractivity contribution in [3.05, 3.63) is 20.4 Å². The molecule has 1 aromatic rings. The van der Waals surface area contributed by atoms with Crippen LogP contribution >= 0.6 is 46.1 Å². The largest absolute Gasteiger partial charge is 0.398 e. The maximum Gasteiger partial charge on any atom is 0.287 e. The van der Waals surface area contributed by atoms with E-state index in [4.69, 9.17) is 34.8 Å². The van der Waals surface area contributed by atoms with Crippen LogP contribution in [0.5, 0.6) is 0 Å². The second-order valence-corrected chi connectivity index (χ2v) is 5.49. The van der Waals surface area contributed by atoms with Gasteiger partial charge in [0.2, 0.25) is 0 Å². The van der Waals surface area contributed by atoms with Crippen LogP contribution in [0.1, 0.15) is 10.5 Å². The zero-order chi connectivity index (χ0) is 14.9. The van der Waals surface area contributed by atoms with Crippen LogP contribution in [0.25, 0.3) is 5.57 Å². The van der Waals surface area contributed by atoms with Gasteiger partial charge in [-0.25, -0.2) is 4.57 Å². The van der Waals surface area contributed by atoms with Crippen molar-refractivity contribution in [1.82, 2.24) is 4.57 Å². The first-order chi connectivity index (χ1) is 9.51. The predicted molar refractivity (Wildman–Crippen MR) is 77.3 cm³/mol. The van der Waals surface area contributed by atoms with E-state index in [0.29, 0.717) is 5.69 Å². The molecule has 0 atom stereocenters. The summed E-state index contributed by atoms with van der Waals surface area (Å²) in [5.74, 6) is -1.37. The van der Waals surface area contributed by atoms with E-state index in [1.807, 2.05) is 0 Å². The Morgan fingerprint density at radius 1 is 1.50 bits per heavy atom. The molecule has 1 amide bonds. The molecule has 1 aliphatic heterocycles. The quantitative estimate of drug-likeness (QED) is 0.602. The fourth-order valence-electron chi connectivity index (χ4n) is 1.59. The number of rotatable bonds is 2. The number of amides is 1. The van der Waals surface area contributed by atoms with Gasteiger partial charge in [-0.2, -0.15) is 4.99 Å². The lowest BCUT2D eigenvalue weighted by Gasteiger charge is -1.96. The first kappa shape index (κ1) is 15.2. The van der Waals surface area contributed by atoms with Gasteiger partial charge in [0.25, 0.3) is 11.8 Å². The van der Waals surface area contributed by atoms with Crippen molar-refractivity contribution in [3.8, 4) is 0 Å². The van der Waals surface area contributed by atoms with Gasteiger partial charge >= 0.3 is 0 Å². The van der Waals surface area contributed by atoms with Crippen molar-refractivity contribution in [2.75, 3.05) is 13.0 Å². The molecule has 1 aliphatic rings. The summed E-state index contributed by atoms with van der Waals surface area (Å²) in [6.07, 6.45) is 0. The van der Waals surface area contributed by atoms with Crippen LogP contribution in [0.4, 0.5) is 0 Å². The number of hydrogen-bond acceptors (Lipinski definition) is 5. The van der Waals surface area contributed by atoms with Crippen LogP contribution in [0.3, 0.4) is 0 Å². The number of hydrogen-bond donors (Lipinski definition) is 0. The highest BCUT2D eigenvalue weighted by Crippen LogP contribution is 2.31. The molecule has 0 unspecified atom stereocenters. The number of thiazole rings is 1. The van der Waals surface area contributed by atoms with Gasteiger partial charge in [-0.3, -0.25) is 9.59 Å². The van der Waals surface area contributed by atoms with Crippen molar-refractivity contribution in [1.29, 1.82) is 0 Å². The summed E-state index contributed by atoms with van der Waals surface area (Å²) in [6, 6.07) is 0. The van der Waals surface area contributed by atoms with E-state index in [0.717, 1.165) is 11.3 Å². The molecule has 2 rings (SSSR count). The SMILES string of the molecule is CO/N=C1\C(=O)n2c(csc2=NC(=O)CCl)C1=C(Cl)Cl.